The van der Waals surface area contributed by atoms with Crippen molar-refractivity contribution < 1.29 is 19.1 Å². The second-order valence-corrected chi connectivity index (χ2v) is 6.52. The Morgan fingerprint density at radius 1 is 0.810 bits per heavy atom. The number of aliphatic hydroxyl groups excluding tert-OH is 1. The van der Waals surface area contributed by atoms with Gasteiger partial charge in [-0.15, -0.1) is 4.89 Å². The Morgan fingerprint density at radius 2 is 1.19 bits per heavy atom. The molecule has 0 heterocycles. The summed E-state index contributed by atoms with van der Waals surface area (Å²) < 4.78 is 14.7. The lowest BCUT2D eigenvalue weighted by molar-refractivity contribution is -0.0257. The number of hydrogen-bond donors (Lipinski definition) is 2. The van der Waals surface area contributed by atoms with Crippen LogP contribution < -0.4 is 0 Å². The van der Waals surface area contributed by atoms with Gasteiger partial charge in [-0.2, -0.15) is 0 Å². The lowest BCUT2D eigenvalue weighted by Gasteiger charge is -2.04. The van der Waals surface area contributed by atoms with Crippen molar-refractivity contribution in [1.82, 2.24) is 0 Å². The molecule has 0 saturated carbocycles. The van der Waals surface area contributed by atoms with E-state index >= 15 is 0 Å². The third-order valence-electron chi connectivity index (χ3n) is 3.77. The highest BCUT2D eigenvalue weighted by Gasteiger charge is 2.19. The van der Waals surface area contributed by atoms with Crippen LogP contribution in [0.25, 0.3) is 0 Å². The smallest absolute Gasteiger partial charge is 0.364 e. The molecule has 0 aromatic heterocycles. The Labute approximate surface area is 131 Å². The molecule has 0 aliphatic heterocycles. The predicted octanol–water partition coefficient (Wildman–Crippen LogP) is 5.45. The molecule has 4 nitrogen and oxygen atoms in total. The molecule has 2 unspecified atom stereocenters. The van der Waals surface area contributed by atoms with Crippen LogP contribution in [0.2, 0.25) is 0 Å². The average molecular weight is 321 g/mol. The second kappa shape index (κ2) is 16.4. The molecular formula is C16H34O4P+. The molecule has 0 aromatic rings. The fourth-order valence-electron chi connectivity index (χ4n) is 2.49. The molecule has 0 amide bonds. The molecule has 0 aliphatic carbocycles. The standard InChI is InChI=1S/C16H33O4P/c1-2-3-4-5-6-7-8-9-10-11-12-13-14-15-16(17)20-21(18)19/h16-17H,2-15H2,1H3/p+1. The van der Waals surface area contributed by atoms with Crippen molar-refractivity contribution in [2.24, 2.45) is 0 Å². The van der Waals surface area contributed by atoms with E-state index < -0.39 is 14.5 Å². The molecule has 21 heavy (non-hydrogen) atoms. The van der Waals surface area contributed by atoms with E-state index in [1.165, 1.54) is 70.6 Å². The zero-order valence-corrected chi connectivity index (χ0v) is 14.5. The van der Waals surface area contributed by atoms with E-state index in [0.29, 0.717) is 6.42 Å². The first-order valence-electron chi connectivity index (χ1n) is 8.67. The molecular weight excluding hydrogens is 287 g/mol. The minimum atomic E-state index is -2.68. The van der Waals surface area contributed by atoms with Gasteiger partial charge in [-0.25, -0.2) is 0 Å². The Balaban J connectivity index is 3.07. The second-order valence-electron chi connectivity index (χ2n) is 5.83. The fourth-order valence-corrected chi connectivity index (χ4v) is 2.81. The number of rotatable bonds is 16. The van der Waals surface area contributed by atoms with E-state index in [1.54, 1.807) is 0 Å². The first-order valence-corrected chi connectivity index (χ1v) is 9.80. The van der Waals surface area contributed by atoms with Gasteiger partial charge in [-0.05, 0) is 6.42 Å². The molecule has 0 rings (SSSR count). The molecule has 0 bridgehead atoms. The van der Waals surface area contributed by atoms with Gasteiger partial charge in [0.05, 0.1) is 0 Å². The Hall–Kier alpha value is -0.0200. The Kier molecular flexibility index (Phi) is 16.3. The van der Waals surface area contributed by atoms with Crippen LogP contribution in [0.15, 0.2) is 0 Å². The normalized spacial score (nSPS) is 13.4. The zero-order chi connectivity index (χ0) is 15.8. The molecule has 0 aromatic carbocycles. The Bertz CT molecular complexity index is 236. The maximum atomic E-state index is 10.3. The third kappa shape index (κ3) is 17.9. The highest BCUT2D eigenvalue weighted by molar-refractivity contribution is 7.32. The largest absolute Gasteiger partial charge is 0.697 e. The molecule has 0 aliphatic rings. The minimum absolute atomic E-state index is 0.444. The summed E-state index contributed by atoms with van der Waals surface area (Å²) in [6, 6.07) is 0. The minimum Gasteiger partial charge on any atom is -0.364 e. The third-order valence-corrected chi connectivity index (χ3v) is 4.19. The monoisotopic (exact) mass is 321 g/mol. The molecule has 0 fully saturated rings. The van der Waals surface area contributed by atoms with Crippen LogP contribution in [-0.2, 0) is 9.09 Å². The van der Waals surface area contributed by atoms with Crippen LogP contribution in [0, 0.1) is 0 Å². The summed E-state index contributed by atoms with van der Waals surface area (Å²) in [5.41, 5.74) is 0. The topological polar surface area (TPSA) is 66.8 Å². The van der Waals surface area contributed by atoms with E-state index in [0.717, 1.165) is 12.8 Å². The van der Waals surface area contributed by atoms with E-state index in [9.17, 15) is 9.67 Å². The van der Waals surface area contributed by atoms with Gasteiger partial charge in [-0.3, -0.25) is 0 Å². The van der Waals surface area contributed by atoms with Crippen molar-refractivity contribution >= 4 is 8.25 Å². The summed E-state index contributed by atoms with van der Waals surface area (Å²) in [4.78, 5) is 8.45. The van der Waals surface area contributed by atoms with Crippen LogP contribution in [-0.4, -0.2) is 16.3 Å². The van der Waals surface area contributed by atoms with Crippen LogP contribution in [0.5, 0.6) is 0 Å². The quantitative estimate of drug-likeness (QED) is 0.225. The summed E-state index contributed by atoms with van der Waals surface area (Å²) in [6.07, 6.45) is 16.0. The van der Waals surface area contributed by atoms with E-state index in [1.807, 2.05) is 0 Å². The van der Waals surface area contributed by atoms with E-state index in [2.05, 4.69) is 11.4 Å². The zero-order valence-electron chi connectivity index (χ0n) is 13.6. The molecule has 2 atom stereocenters. The van der Waals surface area contributed by atoms with Crippen molar-refractivity contribution in [1.29, 1.82) is 0 Å². The van der Waals surface area contributed by atoms with Gasteiger partial charge < -0.3 is 5.11 Å². The summed E-state index contributed by atoms with van der Waals surface area (Å²) >= 11 is 0. The summed E-state index contributed by atoms with van der Waals surface area (Å²) in [5.74, 6) is 0. The predicted molar refractivity (Wildman–Crippen MR) is 87.2 cm³/mol. The molecule has 126 valence electrons. The van der Waals surface area contributed by atoms with Gasteiger partial charge in [0, 0.05) is 11.0 Å². The van der Waals surface area contributed by atoms with Crippen molar-refractivity contribution in [2.45, 2.75) is 103 Å². The molecule has 0 spiro atoms. The van der Waals surface area contributed by atoms with E-state index in [-0.39, 0.29) is 0 Å². The summed E-state index contributed by atoms with van der Waals surface area (Å²) in [6.45, 7) is 2.25. The molecule has 5 heteroatoms. The van der Waals surface area contributed by atoms with Crippen molar-refractivity contribution in [3.05, 3.63) is 0 Å². The van der Waals surface area contributed by atoms with Gasteiger partial charge in [-0.1, -0.05) is 88.5 Å². The van der Waals surface area contributed by atoms with E-state index in [4.69, 9.17) is 4.89 Å². The number of aliphatic hydroxyl groups is 1. The fraction of sp³-hybridized carbons (Fsp3) is 1.00. The number of unbranched alkanes of at least 4 members (excludes halogenated alkanes) is 12. The lowest BCUT2D eigenvalue weighted by Crippen LogP contribution is -2.06. The van der Waals surface area contributed by atoms with Crippen LogP contribution in [0.3, 0.4) is 0 Å². The summed E-state index contributed by atoms with van der Waals surface area (Å²) in [7, 11) is -2.68. The number of hydrogen-bond acceptors (Lipinski definition) is 3. The van der Waals surface area contributed by atoms with Crippen molar-refractivity contribution in [3.63, 3.8) is 0 Å². The maximum Gasteiger partial charge on any atom is 0.697 e. The van der Waals surface area contributed by atoms with Crippen LogP contribution in [0.4, 0.5) is 0 Å². The highest BCUT2D eigenvalue weighted by atomic mass is 31.1. The SMILES string of the molecule is CCCCCCCCCCCCCCCC(O)O[P+](=O)O. The van der Waals surface area contributed by atoms with Crippen molar-refractivity contribution in [3.8, 4) is 0 Å². The van der Waals surface area contributed by atoms with Gasteiger partial charge in [0.15, 0.2) is 0 Å². The first-order chi connectivity index (χ1) is 10.2. The molecule has 0 radical (unpaired) electrons. The Morgan fingerprint density at radius 3 is 1.57 bits per heavy atom. The first kappa shape index (κ1) is 21.0. The van der Waals surface area contributed by atoms with Crippen LogP contribution >= 0.6 is 8.25 Å². The molecule has 2 N–H and O–H groups in total. The van der Waals surface area contributed by atoms with Crippen molar-refractivity contribution in [2.75, 3.05) is 0 Å². The average Bonchev–Trinajstić information content (AvgIpc) is 2.43. The summed E-state index contributed by atoms with van der Waals surface area (Å²) in [5, 5.41) is 9.23. The van der Waals surface area contributed by atoms with Crippen LogP contribution in [0.1, 0.15) is 96.8 Å². The van der Waals surface area contributed by atoms with Gasteiger partial charge in [0.1, 0.15) is 0 Å². The van der Waals surface area contributed by atoms with Gasteiger partial charge >= 0.3 is 8.25 Å². The lowest BCUT2D eigenvalue weighted by atomic mass is 10.0. The van der Waals surface area contributed by atoms with Gasteiger partial charge in [0.25, 0.3) is 0 Å². The molecule has 0 saturated heterocycles. The maximum absolute atomic E-state index is 10.3. The van der Waals surface area contributed by atoms with Gasteiger partial charge in [0.2, 0.25) is 6.29 Å². The highest BCUT2D eigenvalue weighted by Crippen LogP contribution is 2.20.